The van der Waals surface area contributed by atoms with Gasteiger partial charge in [0.05, 0.1) is 19.1 Å². The van der Waals surface area contributed by atoms with E-state index in [1.165, 1.54) is 7.11 Å². The minimum absolute atomic E-state index is 0.394. The zero-order valence-electron chi connectivity index (χ0n) is 13.4. The summed E-state index contributed by atoms with van der Waals surface area (Å²) in [6, 6.07) is 13.4. The Kier molecular flexibility index (Phi) is 6.26. The van der Waals surface area contributed by atoms with Gasteiger partial charge in [-0.25, -0.2) is 0 Å². The predicted molar refractivity (Wildman–Crippen MR) is 87.5 cm³/mol. The number of nitrogens with zero attached hydrogens (tertiary/aromatic N) is 2. The number of carbonyl (C=O) groups is 1. The molecule has 0 radical (unpaired) electrons. The van der Waals surface area contributed by atoms with Crippen LogP contribution in [0.5, 0.6) is 0 Å². The molecule has 1 heterocycles. The fourth-order valence-corrected chi connectivity index (χ4v) is 2.54. The van der Waals surface area contributed by atoms with E-state index in [9.17, 15) is 9.90 Å². The molecule has 0 aliphatic carbocycles. The van der Waals surface area contributed by atoms with Gasteiger partial charge < -0.3 is 14.7 Å². The average Bonchev–Trinajstić information content (AvgIpc) is 2.60. The van der Waals surface area contributed by atoms with Gasteiger partial charge in [-0.05, 0) is 30.3 Å². The Bertz CT molecular complexity index is 604. The first kappa shape index (κ1) is 17.1. The van der Waals surface area contributed by atoms with Gasteiger partial charge in [0, 0.05) is 25.5 Å². The summed E-state index contributed by atoms with van der Waals surface area (Å²) in [5, 5.41) is 10.5. The van der Waals surface area contributed by atoms with Gasteiger partial charge in [0.2, 0.25) is 0 Å². The molecule has 1 aromatic carbocycles. The quantitative estimate of drug-likeness (QED) is 0.792. The molecule has 0 bridgehead atoms. The summed E-state index contributed by atoms with van der Waals surface area (Å²) in [6.07, 6.45) is 2.27. The van der Waals surface area contributed by atoms with Crippen LogP contribution in [-0.4, -0.2) is 41.7 Å². The molecule has 0 spiro atoms. The molecular formula is C18H22N2O3. The highest BCUT2D eigenvalue weighted by Gasteiger charge is 2.30. The zero-order chi connectivity index (χ0) is 16.7. The van der Waals surface area contributed by atoms with Crippen molar-refractivity contribution in [3.05, 3.63) is 66.0 Å². The summed E-state index contributed by atoms with van der Waals surface area (Å²) in [4.78, 5) is 18.0. The summed E-state index contributed by atoms with van der Waals surface area (Å²) < 4.78 is 4.86. The number of methoxy groups -OCH3 is 1. The maximum absolute atomic E-state index is 12.1. The van der Waals surface area contributed by atoms with Crippen molar-refractivity contribution < 1.29 is 14.6 Å². The van der Waals surface area contributed by atoms with Crippen LogP contribution < -0.4 is 0 Å². The van der Waals surface area contributed by atoms with E-state index >= 15 is 0 Å². The molecule has 2 aromatic rings. The number of rotatable bonds is 7. The molecule has 0 unspecified atom stereocenters. The number of carbonyl (C=O) groups excluding carboxylic acids is 1. The second kappa shape index (κ2) is 8.41. The van der Waals surface area contributed by atoms with E-state index in [0.29, 0.717) is 18.7 Å². The minimum Gasteiger partial charge on any atom is -0.469 e. The molecule has 1 aromatic heterocycles. The molecule has 0 aliphatic rings. The topological polar surface area (TPSA) is 62.7 Å². The highest BCUT2D eigenvalue weighted by Crippen LogP contribution is 2.24. The number of esters is 1. The first-order chi connectivity index (χ1) is 11.1. The Morgan fingerprint density at radius 2 is 1.87 bits per heavy atom. The van der Waals surface area contributed by atoms with Crippen molar-refractivity contribution in [3.8, 4) is 0 Å². The molecule has 23 heavy (non-hydrogen) atoms. The zero-order valence-corrected chi connectivity index (χ0v) is 13.4. The lowest BCUT2D eigenvalue weighted by Crippen LogP contribution is -2.35. The third-order valence-corrected chi connectivity index (χ3v) is 3.74. The van der Waals surface area contributed by atoms with Gasteiger partial charge in [-0.3, -0.25) is 9.78 Å². The first-order valence-corrected chi connectivity index (χ1v) is 7.50. The van der Waals surface area contributed by atoms with Crippen LogP contribution in [0.1, 0.15) is 17.2 Å². The highest BCUT2D eigenvalue weighted by atomic mass is 16.5. The van der Waals surface area contributed by atoms with Crippen LogP contribution >= 0.6 is 0 Å². The standard InChI is InChI=1S/C18H22N2O3/c1-20(12-14-6-4-3-5-7-14)13-16(18(22)23-2)17(21)15-8-10-19-11-9-15/h3-11,16-17,21H,12-13H2,1-2H3/t16-,17+/m0/s1. The predicted octanol–water partition coefficient (Wildman–Crippen LogP) is 2.04. The van der Waals surface area contributed by atoms with E-state index < -0.39 is 18.0 Å². The lowest BCUT2D eigenvalue weighted by molar-refractivity contribution is -0.150. The Hall–Kier alpha value is -2.24. The van der Waals surface area contributed by atoms with E-state index in [2.05, 4.69) is 4.98 Å². The number of aliphatic hydroxyl groups is 1. The van der Waals surface area contributed by atoms with Crippen molar-refractivity contribution in [2.24, 2.45) is 5.92 Å². The molecule has 1 N–H and O–H groups in total. The molecular weight excluding hydrogens is 292 g/mol. The normalized spacial score (nSPS) is 13.6. The third-order valence-electron chi connectivity index (χ3n) is 3.74. The van der Waals surface area contributed by atoms with Crippen molar-refractivity contribution in [1.29, 1.82) is 0 Å². The van der Waals surface area contributed by atoms with E-state index in [1.807, 2.05) is 42.3 Å². The van der Waals surface area contributed by atoms with Crippen LogP contribution in [0.4, 0.5) is 0 Å². The summed E-state index contributed by atoms with van der Waals surface area (Å²) in [5.74, 6) is -1.08. The molecule has 0 aliphatic heterocycles. The Balaban J connectivity index is 2.08. The fourth-order valence-electron chi connectivity index (χ4n) is 2.54. The summed E-state index contributed by atoms with van der Waals surface area (Å²) in [7, 11) is 3.26. The van der Waals surface area contributed by atoms with Crippen molar-refractivity contribution in [1.82, 2.24) is 9.88 Å². The van der Waals surface area contributed by atoms with Crippen LogP contribution in [0.2, 0.25) is 0 Å². The van der Waals surface area contributed by atoms with Crippen molar-refractivity contribution in [2.45, 2.75) is 12.6 Å². The first-order valence-electron chi connectivity index (χ1n) is 7.50. The van der Waals surface area contributed by atoms with Crippen molar-refractivity contribution >= 4 is 5.97 Å². The second-order valence-corrected chi connectivity index (χ2v) is 5.54. The van der Waals surface area contributed by atoms with Gasteiger partial charge in [0.15, 0.2) is 0 Å². The Morgan fingerprint density at radius 3 is 2.48 bits per heavy atom. The second-order valence-electron chi connectivity index (χ2n) is 5.54. The molecule has 5 nitrogen and oxygen atoms in total. The largest absolute Gasteiger partial charge is 0.469 e. The molecule has 2 rings (SSSR count). The smallest absolute Gasteiger partial charge is 0.312 e. The fraction of sp³-hybridized carbons (Fsp3) is 0.333. The lowest BCUT2D eigenvalue weighted by atomic mass is 9.95. The summed E-state index contributed by atoms with van der Waals surface area (Å²) in [5.41, 5.74) is 1.81. The number of hydrogen-bond acceptors (Lipinski definition) is 5. The SMILES string of the molecule is COC(=O)[C@@H](CN(C)Cc1ccccc1)[C@H](O)c1ccncc1. The molecule has 0 amide bonds. The molecule has 0 saturated heterocycles. The summed E-state index contributed by atoms with van der Waals surface area (Å²) >= 11 is 0. The van der Waals surface area contributed by atoms with Gasteiger partial charge >= 0.3 is 5.97 Å². The van der Waals surface area contributed by atoms with Crippen LogP contribution in [0, 0.1) is 5.92 Å². The number of aliphatic hydroxyl groups excluding tert-OH is 1. The number of ether oxygens (including phenoxy) is 1. The molecule has 5 heteroatoms. The van der Waals surface area contributed by atoms with Crippen molar-refractivity contribution in [2.75, 3.05) is 20.7 Å². The molecule has 0 fully saturated rings. The number of aromatic nitrogens is 1. The average molecular weight is 314 g/mol. The third kappa shape index (κ3) is 4.87. The highest BCUT2D eigenvalue weighted by molar-refractivity contribution is 5.73. The number of hydrogen-bond donors (Lipinski definition) is 1. The van der Waals surface area contributed by atoms with Gasteiger partial charge in [0.25, 0.3) is 0 Å². The van der Waals surface area contributed by atoms with E-state index in [1.54, 1.807) is 24.5 Å². The molecule has 122 valence electrons. The van der Waals surface area contributed by atoms with Gasteiger partial charge in [0.1, 0.15) is 0 Å². The van der Waals surface area contributed by atoms with Gasteiger partial charge in [-0.2, -0.15) is 0 Å². The van der Waals surface area contributed by atoms with E-state index in [0.717, 1.165) is 5.56 Å². The van der Waals surface area contributed by atoms with E-state index in [4.69, 9.17) is 4.74 Å². The maximum Gasteiger partial charge on any atom is 0.312 e. The minimum atomic E-state index is -0.927. The molecule has 0 saturated carbocycles. The van der Waals surface area contributed by atoms with Gasteiger partial charge in [-0.1, -0.05) is 30.3 Å². The van der Waals surface area contributed by atoms with Crippen LogP contribution in [-0.2, 0) is 16.1 Å². The van der Waals surface area contributed by atoms with Crippen LogP contribution in [0.15, 0.2) is 54.9 Å². The molecule has 2 atom stereocenters. The lowest BCUT2D eigenvalue weighted by Gasteiger charge is -2.26. The summed E-state index contributed by atoms with van der Waals surface area (Å²) in [6.45, 7) is 1.09. The van der Waals surface area contributed by atoms with E-state index in [-0.39, 0.29) is 0 Å². The van der Waals surface area contributed by atoms with Crippen LogP contribution in [0.25, 0.3) is 0 Å². The van der Waals surface area contributed by atoms with Crippen LogP contribution in [0.3, 0.4) is 0 Å². The maximum atomic E-state index is 12.1. The Morgan fingerprint density at radius 1 is 1.22 bits per heavy atom. The van der Waals surface area contributed by atoms with Gasteiger partial charge in [-0.15, -0.1) is 0 Å². The Labute approximate surface area is 136 Å². The number of benzene rings is 1. The van der Waals surface area contributed by atoms with Crippen molar-refractivity contribution in [3.63, 3.8) is 0 Å². The monoisotopic (exact) mass is 314 g/mol. The number of pyridine rings is 1.